The van der Waals surface area contributed by atoms with E-state index in [4.69, 9.17) is 15.3 Å². The minimum Gasteiger partial charge on any atom is -0.494 e. The van der Waals surface area contributed by atoms with Crippen molar-refractivity contribution in [2.75, 3.05) is 31.5 Å². The zero-order valence-corrected chi connectivity index (χ0v) is 20.2. The molecule has 2 heterocycles. The summed E-state index contributed by atoms with van der Waals surface area (Å²) in [6.07, 6.45) is 2.64. The average molecular weight is 455 g/mol. The second-order valence-corrected chi connectivity index (χ2v) is 9.33. The first-order chi connectivity index (χ1) is 15.3. The van der Waals surface area contributed by atoms with Crippen LogP contribution >= 0.6 is 7.92 Å². The van der Waals surface area contributed by atoms with Gasteiger partial charge < -0.3 is 20.6 Å². The van der Waals surface area contributed by atoms with Gasteiger partial charge in [0.2, 0.25) is 0 Å². The van der Waals surface area contributed by atoms with Crippen molar-refractivity contribution in [1.29, 1.82) is 0 Å². The minimum absolute atomic E-state index is 0.00866. The minimum atomic E-state index is -0.307. The molecular weight excluding hydrogens is 425 g/mol. The van der Waals surface area contributed by atoms with Crippen molar-refractivity contribution >= 4 is 42.6 Å². The van der Waals surface area contributed by atoms with Crippen molar-refractivity contribution < 1.29 is 14.3 Å². The molecule has 0 aliphatic carbocycles. The van der Waals surface area contributed by atoms with Crippen molar-refractivity contribution in [3.63, 3.8) is 0 Å². The molecule has 0 saturated carbocycles. The third-order valence-electron chi connectivity index (χ3n) is 4.64. The van der Waals surface area contributed by atoms with Crippen LogP contribution in [0.4, 0.5) is 17.2 Å². The van der Waals surface area contributed by atoms with E-state index in [0.29, 0.717) is 29.2 Å². The van der Waals surface area contributed by atoms with Crippen LogP contribution in [-0.4, -0.2) is 47.3 Å². The number of nitrogens with two attached hydrogens (primary N) is 1. The van der Waals surface area contributed by atoms with Gasteiger partial charge in [-0.05, 0) is 38.5 Å². The molecule has 170 valence electrons. The van der Waals surface area contributed by atoms with Crippen LogP contribution in [0.15, 0.2) is 36.5 Å². The van der Waals surface area contributed by atoms with Crippen molar-refractivity contribution in [1.82, 2.24) is 14.8 Å². The lowest BCUT2D eigenvalue weighted by Gasteiger charge is -2.17. The Balaban J connectivity index is 0.00000114. The summed E-state index contributed by atoms with van der Waals surface area (Å²) in [6.45, 7) is 7.62. The summed E-state index contributed by atoms with van der Waals surface area (Å²) in [4.78, 5) is 25.2. The lowest BCUT2D eigenvalue weighted by Crippen LogP contribution is -2.06. The quantitative estimate of drug-likeness (QED) is 0.315. The largest absolute Gasteiger partial charge is 0.494 e. The molecule has 0 amide bonds. The number of aromatic nitrogens is 3. The van der Waals surface area contributed by atoms with Crippen LogP contribution in [0.2, 0.25) is 0 Å². The van der Waals surface area contributed by atoms with Crippen LogP contribution in [0, 0.1) is 0 Å². The molecule has 9 heteroatoms. The van der Waals surface area contributed by atoms with Gasteiger partial charge in [-0.1, -0.05) is 20.9 Å². The molecule has 0 bridgehead atoms. The number of methoxy groups -OCH3 is 1. The van der Waals surface area contributed by atoms with E-state index in [1.807, 2.05) is 36.9 Å². The van der Waals surface area contributed by atoms with Crippen LogP contribution < -0.4 is 21.2 Å². The molecule has 3 N–H and O–H groups in total. The number of para-hydroxylation sites is 1. The fourth-order valence-corrected chi connectivity index (χ4v) is 3.81. The first-order valence-electron chi connectivity index (χ1n) is 10.1. The Kier molecular flexibility index (Phi) is 8.91. The fourth-order valence-electron chi connectivity index (χ4n) is 3.11. The van der Waals surface area contributed by atoms with Gasteiger partial charge in [0, 0.05) is 31.3 Å². The van der Waals surface area contributed by atoms with Crippen molar-refractivity contribution in [2.24, 2.45) is 7.05 Å². The Labute approximate surface area is 189 Å². The van der Waals surface area contributed by atoms with E-state index in [9.17, 15) is 4.79 Å². The van der Waals surface area contributed by atoms with Gasteiger partial charge in [-0.15, -0.1) is 0 Å². The van der Waals surface area contributed by atoms with Crippen molar-refractivity contribution in [3.05, 3.63) is 42.1 Å². The van der Waals surface area contributed by atoms with Crippen molar-refractivity contribution in [3.8, 4) is 17.0 Å². The van der Waals surface area contributed by atoms with E-state index in [0.717, 1.165) is 28.7 Å². The summed E-state index contributed by atoms with van der Waals surface area (Å²) in [6, 6.07) is 9.61. The molecule has 8 nitrogen and oxygen atoms in total. The Morgan fingerprint density at radius 1 is 1.28 bits per heavy atom. The predicted molar refractivity (Wildman–Crippen MR) is 132 cm³/mol. The van der Waals surface area contributed by atoms with Crippen LogP contribution in [-0.2, 0) is 11.8 Å². The summed E-state index contributed by atoms with van der Waals surface area (Å²) < 4.78 is 7.63. The smallest absolute Gasteiger partial charge is 0.166 e. The van der Waals surface area contributed by atoms with Gasteiger partial charge in [-0.2, -0.15) is 5.10 Å². The van der Waals surface area contributed by atoms with Gasteiger partial charge >= 0.3 is 0 Å². The standard InChI is InChI=1S/C21H26N5O2P.C2H4O/c1-6-18(27)14-12-23-19(22)10-16(14)24-15-9-7-8-13(21(15)28-3)17-11-20(29(4)5)25-26(17)2;1-2-3/h7-12H,6H2,1-5H3,(H3,22,23,24);2H,1H3. The molecule has 0 aliphatic heterocycles. The topological polar surface area (TPSA) is 112 Å². The van der Waals surface area contributed by atoms with E-state index in [1.165, 1.54) is 13.1 Å². The zero-order valence-electron chi connectivity index (χ0n) is 19.3. The second kappa shape index (κ2) is 11.4. The van der Waals surface area contributed by atoms with Gasteiger partial charge in [0.25, 0.3) is 0 Å². The molecule has 2 aromatic heterocycles. The molecule has 0 saturated heterocycles. The summed E-state index contributed by atoms with van der Waals surface area (Å²) in [7, 11) is 3.25. The number of aryl methyl sites for hydroxylation is 1. The van der Waals surface area contributed by atoms with E-state index < -0.39 is 0 Å². The summed E-state index contributed by atoms with van der Waals surface area (Å²) in [5, 5.41) is 7.95. The number of nitrogens with zero attached hydrogens (tertiary/aromatic N) is 3. The summed E-state index contributed by atoms with van der Waals surface area (Å²) in [5.74, 6) is 1.00. The molecule has 0 fully saturated rings. The third kappa shape index (κ3) is 5.71. The van der Waals surface area contributed by atoms with Crippen LogP contribution in [0.25, 0.3) is 11.3 Å². The number of ketones is 1. The molecule has 3 rings (SSSR count). The van der Waals surface area contributed by atoms with Crippen LogP contribution in [0.1, 0.15) is 30.6 Å². The molecule has 0 aliphatic rings. The van der Waals surface area contributed by atoms with Gasteiger partial charge in [-0.3, -0.25) is 9.48 Å². The van der Waals surface area contributed by atoms with Crippen LogP contribution in [0.5, 0.6) is 5.75 Å². The SMILES string of the molecule is CC=O.CCC(=O)c1cnc(N)cc1Nc1cccc(-c2cc(P(C)C)nn2C)c1OC. The number of aldehydes is 1. The van der Waals surface area contributed by atoms with E-state index in [1.54, 1.807) is 13.2 Å². The Hall–Kier alpha value is -3.25. The van der Waals surface area contributed by atoms with Gasteiger partial charge in [-0.25, -0.2) is 4.98 Å². The maximum atomic E-state index is 12.3. The highest BCUT2D eigenvalue weighted by atomic mass is 31.1. The van der Waals surface area contributed by atoms with Gasteiger partial charge in [0.05, 0.1) is 35.2 Å². The number of hydrogen-bond donors (Lipinski definition) is 2. The number of pyridine rings is 1. The zero-order chi connectivity index (χ0) is 23.8. The monoisotopic (exact) mass is 455 g/mol. The van der Waals surface area contributed by atoms with E-state index in [-0.39, 0.29) is 13.7 Å². The first-order valence-corrected chi connectivity index (χ1v) is 12.3. The maximum absolute atomic E-state index is 12.3. The highest BCUT2D eigenvalue weighted by molar-refractivity contribution is 7.63. The molecule has 0 radical (unpaired) electrons. The number of nitrogens with one attached hydrogen (secondary N) is 1. The van der Waals surface area contributed by atoms with E-state index in [2.05, 4.69) is 34.8 Å². The first kappa shape index (κ1) is 25.0. The molecular formula is C23H30N5O3P. The lowest BCUT2D eigenvalue weighted by molar-refractivity contribution is -0.106. The number of rotatable bonds is 7. The van der Waals surface area contributed by atoms with Gasteiger partial charge in [0.1, 0.15) is 12.1 Å². The summed E-state index contributed by atoms with van der Waals surface area (Å²) in [5.41, 5.74) is 10.7. The van der Waals surface area contributed by atoms with Gasteiger partial charge in [0.15, 0.2) is 11.5 Å². The Bertz CT molecular complexity index is 1100. The third-order valence-corrected chi connectivity index (χ3v) is 5.77. The number of hydrogen-bond acceptors (Lipinski definition) is 7. The predicted octanol–water partition coefficient (Wildman–Crippen LogP) is 3.98. The molecule has 3 aromatic rings. The average Bonchev–Trinajstić information content (AvgIpc) is 3.15. The lowest BCUT2D eigenvalue weighted by atomic mass is 10.1. The Morgan fingerprint density at radius 2 is 1.97 bits per heavy atom. The summed E-state index contributed by atoms with van der Waals surface area (Å²) >= 11 is 0. The molecule has 0 spiro atoms. The highest BCUT2D eigenvalue weighted by Gasteiger charge is 2.18. The van der Waals surface area contributed by atoms with Crippen LogP contribution in [0.3, 0.4) is 0 Å². The van der Waals surface area contributed by atoms with Crippen molar-refractivity contribution in [2.45, 2.75) is 20.3 Å². The molecule has 0 atom stereocenters. The number of nitrogen functional groups attached to an aromatic ring is 1. The Morgan fingerprint density at radius 3 is 2.53 bits per heavy atom. The maximum Gasteiger partial charge on any atom is 0.166 e. The number of ether oxygens (including phenoxy) is 1. The fraction of sp³-hybridized carbons (Fsp3) is 0.304. The number of anilines is 3. The van der Waals surface area contributed by atoms with E-state index >= 15 is 0 Å². The number of Topliss-reactive ketones (excluding diaryl/α,β-unsaturated/α-hetero) is 1. The molecule has 1 aromatic carbocycles. The number of carbonyl (C=O) groups excluding carboxylic acids is 2. The number of benzene rings is 1. The molecule has 0 unspecified atom stereocenters. The second-order valence-electron chi connectivity index (χ2n) is 7.08. The normalized spacial score (nSPS) is 10.3. The highest BCUT2D eigenvalue weighted by Crippen LogP contribution is 2.39. The number of carbonyl (C=O) groups is 2. The molecule has 32 heavy (non-hydrogen) atoms.